The van der Waals surface area contributed by atoms with Gasteiger partial charge < -0.3 is 19.4 Å². The highest BCUT2D eigenvalue weighted by atomic mass is 19.1. The van der Waals surface area contributed by atoms with E-state index in [1.54, 1.807) is 12.3 Å². The van der Waals surface area contributed by atoms with Crippen molar-refractivity contribution in [2.24, 2.45) is 5.92 Å². The van der Waals surface area contributed by atoms with Crippen molar-refractivity contribution in [1.82, 2.24) is 14.8 Å². The molecule has 2 amide bonds. The van der Waals surface area contributed by atoms with Gasteiger partial charge in [0.05, 0.1) is 22.4 Å². The molecule has 180 valence electrons. The molecular formula is C26H31FN4O3. The fourth-order valence-corrected chi connectivity index (χ4v) is 5.82. The number of hydrogen-bond acceptors (Lipinski definition) is 5. The number of fused-ring (bicyclic) bond motifs is 1. The third kappa shape index (κ3) is 3.91. The Morgan fingerprint density at radius 2 is 1.74 bits per heavy atom. The Labute approximate surface area is 198 Å². The molecule has 0 unspecified atom stereocenters. The van der Waals surface area contributed by atoms with Crippen LogP contribution in [0.15, 0.2) is 24.4 Å². The number of piperazine rings is 1. The smallest absolute Gasteiger partial charge is 0.257 e. The van der Waals surface area contributed by atoms with Crippen LogP contribution in [0, 0.1) is 11.7 Å². The third-order valence-corrected chi connectivity index (χ3v) is 8.01. The zero-order chi connectivity index (χ0) is 23.3. The van der Waals surface area contributed by atoms with Gasteiger partial charge in [-0.2, -0.15) is 0 Å². The van der Waals surface area contributed by atoms with E-state index in [1.807, 2.05) is 9.80 Å². The molecule has 1 aliphatic carbocycles. The second-order valence-electron chi connectivity index (χ2n) is 10.2. The van der Waals surface area contributed by atoms with E-state index in [9.17, 15) is 14.0 Å². The summed E-state index contributed by atoms with van der Waals surface area (Å²) in [4.78, 5) is 36.5. The molecule has 8 heteroatoms. The largest absolute Gasteiger partial charge is 0.375 e. The lowest BCUT2D eigenvalue weighted by Gasteiger charge is -2.41. The summed E-state index contributed by atoms with van der Waals surface area (Å²) >= 11 is 0. The number of aromatic nitrogens is 1. The standard InChI is InChI=1S/C26H31FN4O3/c27-19-4-5-22-20(16-19)23(29-9-7-26(8-10-29)6-1-15-34-26)21(17-28-22)25(33)31-13-11-30(12-14-31)24(32)18-2-3-18/h4-5,16-18H,1-3,6-15H2. The number of piperidine rings is 1. The fourth-order valence-electron chi connectivity index (χ4n) is 5.82. The maximum absolute atomic E-state index is 14.3. The van der Waals surface area contributed by atoms with Crippen LogP contribution in [0.25, 0.3) is 10.9 Å². The van der Waals surface area contributed by atoms with Crippen molar-refractivity contribution < 1.29 is 18.7 Å². The molecule has 4 fully saturated rings. The summed E-state index contributed by atoms with van der Waals surface area (Å²) in [5.74, 6) is -0.00349. The summed E-state index contributed by atoms with van der Waals surface area (Å²) in [5.41, 5.74) is 1.94. The van der Waals surface area contributed by atoms with Crippen LogP contribution in [0.1, 0.15) is 48.9 Å². The molecule has 4 heterocycles. The first-order valence-corrected chi connectivity index (χ1v) is 12.6. The first-order chi connectivity index (χ1) is 16.5. The van der Waals surface area contributed by atoms with E-state index in [0.29, 0.717) is 42.6 Å². The highest BCUT2D eigenvalue weighted by Gasteiger charge is 2.40. The topological polar surface area (TPSA) is 66.0 Å². The lowest BCUT2D eigenvalue weighted by Crippen LogP contribution is -2.51. The van der Waals surface area contributed by atoms with Crippen molar-refractivity contribution in [3.05, 3.63) is 35.8 Å². The highest BCUT2D eigenvalue weighted by molar-refractivity contribution is 6.07. The molecule has 3 saturated heterocycles. The van der Waals surface area contributed by atoms with E-state index >= 15 is 0 Å². The van der Waals surface area contributed by atoms with Gasteiger partial charge in [0.1, 0.15) is 5.82 Å². The lowest BCUT2D eigenvalue weighted by molar-refractivity contribution is -0.134. The predicted molar refractivity (Wildman–Crippen MR) is 126 cm³/mol. The minimum Gasteiger partial charge on any atom is -0.375 e. The molecule has 1 spiro atoms. The van der Waals surface area contributed by atoms with E-state index < -0.39 is 0 Å². The van der Waals surface area contributed by atoms with Crippen molar-refractivity contribution in [2.75, 3.05) is 50.8 Å². The molecular weight excluding hydrogens is 435 g/mol. The summed E-state index contributed by atoms with van der Waals surface area (Å²) in [7, 11) is 0. The summed E-state index contributed by atoms with van der Waals surface area (Å²) in [6.45, 7) is 4.50. The molecule has 6 rings (SSSR count). The van der Waals surface area contributed by atoms with Gasteiger partial charge in [-0.05, 0) is 56.7 Å². The van der Waals surface area contributed by atoms with Crippen LogP contribution in [-0.2, 0) is 9.53 Å². The van der Waals surface area contributed by atoms with Crippen molar-refractivity contribution >= 4 is 28.4 Å². The number of halogens is 1. The van der Waals surface area contributed by atoms with Gasteiger partial charge in [-0.3, -0.25) is 14.6 Å². The van der Waals surface area contributed by atoms with E-state index in [0.717, 1.165) is 63.9 Å². The van der Waals surface area contributed by atoms with Gasteiger partial charge in [-0.15, -0.1) is 0 Å². The Balaban J connectivity index is 1.28. The van der Waals surface area contributed by atoms with Gasteiger partial charge in [0.15, 0.2) is 0 Å². The SMILES string of the molecule is O=C(c1cnc2ccc(F)cc2c1N1CCC2(CCCO2)CC1)N1CCN(C(=O)C2CC2)CC1. The van der Waals surface area contributed by atoms with Gasteiger partial charge in [0.25, 0.3) is 5.91 Å². The molecule has 1 aromatic carbocycles. The minimum absolute atomic E-state index is 0.0425. The molecule has 1 saturated carbocycles. The Morgan fingerprint density at radius 1 is 1.00 bits per heavy atom. The molecule has 0 atom stereocenters. The number of ether oxygens (including phenoxy) is 1. The van der Waals surface area contributed by atoms with Crippen LogP contribution in [0.5, 0.6) is 0 Å². The number of hydrogen-bond donors (Lipinski definition) is 0. The average Bonchev–Trinajstić information content (AvgIpc) is 3.63. The fraction of sp³-hybridized carbons (Fsp3) is 0.577. The first-order valence-electron chi connectivity index (χ1n) is 12.6. The van der Waals surface area contributed by atoms with Crippen LogP contribution in [0.4, 0.5) is 10.1 Å². The lowest BCUT2D eigenvalue weighted by atomic mass is 9.88. The summed E-state index contributed by atoms with van der Waals surface area (Å²) in [6, 6.07) is 4.58. The van der Waals surface area contributed by atoms with Crippen molar-refractivity contribution in [3.63, 3.8) is 0 Å². The number of anilines is 1. The Hall–Kier alpha value is -2.74. The monoisotopic (exact) mass is 466 g/mol. The van der Waals surface area contributed by atoms with Crippen LogP contribution >= 0.6 is 0 Å². The zero-order valence-corrected chi connectivity index (χ0v) is 19.5. The molecule has 34 heavy (non-hydrogen) atoms. The van der Waals surface area contributed by atoms with E-state index in [-0.39, 0.29) is 29.2 Å². The van der Waals surface area contributed by atoms with Crippen molar-refractivity contribution in [3.8, 4) is 0 Å². The maximum Gasteiger partial charge on any atom is 0.257 e. The van der Waals surface area contributed by atoms with Gasteiger partial charge in [-0.1, -0.05) is 0 Å². The zero-order valence-electron chi connectivity index (χ0n) is 19.5. The van der Waals surface area contributed by atoms with E-state index in [2.05, 4.69) is 9.88 Å². The number of amides is 2. The molecule has 0 radical (unpaired) electrons. The molecule has 0 N–H and O–H groups in total. The third-order valence-electron chi connectivity index (χ3n) is 8.01. The van der Waals surface area contributed by atoms with E-state index in [1.165, 1.54) is 12.1 Å². The van der Waals surface area contributed by atoms with Gasteiger partial charge >= 0.3 is 0 Å². The van der Waals surface area contributed by atoms with Crippen molar-refractivity contribution in [2.45, 2.75) is 44.1 Å². The van der Waals surface area contributed by atoms with Crippen LogP contribution in [0.3, 0.4) is 0 Å². The van der Waals surface area contributed by atoms with Gasteiger partial charge in [0.2, 0.25) is 5.91 Å². The number of carbonyl (C=O) groups is 2. The second kappa shape index (κ2) is 8.48. The number of nitrogens with zero attached hydrogens (tertiary/aromatic N) is 4. The Kier molecular flexibility index (Phi) is 5.43. The minimum atomic E-state index is -0.333. The normalized spacial score (nSPS) is 22.6. The number of benzene rings is 1. The Morgan fingerprint density at radius 3 is 2.41 bits per heavy atom. The molecule has 7 nitrogen and oxygen atoms in total. The molecule has 4 aliphatic rings. The van der Waals surface area contributed by atoms with Gasteiger partial charge in [-0.25, -0.2) is 4.39 Å². The van der Waals surface area contributed by atoms with Crippen LogP contribution < -0.4 is 4.90 Å². The average molecular weight is 467 g/mol. The quantitative estimate of drug-likeness (QED) is 0.695. The highest BCUT2D eigenvalue weighted by Crippen LogP contribution is 2.40. The summed E-state index contributed by atoms with van der Waals surface area (Å²) in [6.07, 6.45) is 7.62. The molecule has 2 aromatic rings. The van der Waals surface area contributed by atoms with E-state index in [4.69, 9.17) is 4.74 Å². The molecule has 1 aromatic heterocycles. The summed E-state index contributed by atoms with van der Waals surface area (Å²) in [5, 5.41) is 0.677. The van der Waals surface area contributed by atoms with Gasteiger partial charge in [0, 0.05) is 63.4 Å². The van der Waals surface area contributed by atoms with Crippen molar-refractivity contribution in [1.29, 1.82) is 0 Å². The Bertz CT molecular complexity index is 1110. The second-order valence-corrected chi connectivity index (χ2v) is 10.2. The maximum atomic E-state index is 14.3. The number of rotatable bonds is 3. The number of carbonyl (C=O) groups excluding carboxylic acids is 2. The predicted octanol–water partition coefficient (Wildman–Crippen LogP) is 3.22. The van der Waals surface area contributed by atoms with Crippen LogP contribution in [-0.4, -0.2) is 78.1 Å². The van der Waals surface area contributed by atoms with Crippen LogP contribution in [0.2, 0.25) is 0 Å². The molecule has 3 aliphatic heterocycles. The number of pyridine rings is 1. The first kappa shape index (κ1) is 21.8. The molecule has 0 bridgehead atoms. The summed E-state index contributed by atoms with van der Waals surface area (Å²) < 4.78 is 20.4.